The number of carbonyl (C=O) groups excluding carboxylic acids is 2. The molecular weight excluding hydrogens is 348 g/mol. The van der Waals surface area contributed by atoms with Crippen LogP contribution < -0.4 is 10.6 Å². The van der Waals surface area contributed by atoms with Crippen LogP contribution in [-0.2, 0) is 11.3 Å². The largest absolute Gasteiger partial charge is 0.333 e. The van der Waals surface area contributed by atoms with Crippen molar-refractivity contribution >= 4 is 45.9 Å². The van der Waals surface area contributed by atoms with E-state index in [9.17, 15) is 9.59 Å². The molecule has 0 spiro atoms. The summed E-state index contributed by atoms with van der Waals surface area (Å²) in [5.74, 6) is 0.0927. The molecule has 1 aliphatic heterocycles. The summed E-state index contributed by atoms with van der Waals surface area (Å²) in [5, 5.41) is 15.5. The van der Waals surface area contributed by atoms with Gasteiger partial charge in [-0.25, -0.2) is 0 Å². The van der Waals surface area contributed by atoms with Crippen molar-refractivity contribution < 1.29 is 9.59 Å². The number of carbonyl (C=O) groups is 2. The number of aromatic nitrogens is 1. The fraction of sp³-hybridized carbons (Fsp3) is 0.105. The van der Waals surface area contributed by atoms with Crippen LogP contribution in [0.5, 0.6) is 0 Å². The van der Waals surface area contributed by atoms with E-state index in [0.29, 0.717) is 22.7 Å². The van der Waals surface area contributed by atoms with Crippen LogP contribution in [0.4, 0.5) is 11.4 Å². The van der Waals surface area contributed by atoms with Crippen LogP contribution in [0.3, 0.4) is 0 Å². The summed E-state index contributed by atoms with van der Waals surface area (Å²) in [5.41, 5.74) is 2.66. The van der Waals surface area contributed by atoms with E-state index in [0.717, 1.165) is 15.8 Å². The van der Waals surface area contributed by atoms with E-state index < -0.39 is 0 Å². The minimum absolute atomic E-state index is 0.0504. The maximum absolute atomic E-state index is 12.8. The standard InChI is InChI=1S/C19H14N4O2S/c20-7-8-23-10-14(13-3-1-2-4-16(13)23)19(25)21-12-5-6-17-15(9-12)22-18(24)11-26-17/h1-6,9-10H,8,11H2,(H,21,25)(H,22,24). The SMILES string of the molecule is N#CCn1cc(C(=O)Nc2ccc3c(c2)NC(=O)CS3)c2ccccc21. The third-order valence-electron chi connectivity index (χ3n) is 4.14. The smallest absolute Gasteiger partial charge is 0.257 e. The van der Waals surface area contributed by atoms with E-state index in [1.807, 2.05) is 36.4 Å². The molecule has 0 saturated heterocycles. The van der Waals surface area contributed by atoms with Gasteiger partial charge in [0.25, 0.3) is 5.91 Å². The van der Waals surface area contributed by atoms with E-state index in [4.69, 9.17) is 5.26 Å². The van der Waals surface area contributed by atoms with Crippen molar-refractivity contribution in [2.24, 2.45) is 0 Å². The summed E-state index contributed by atoms with van der Waals surface area (Å²) >= 11 is 1.47. The van der Waals surface area contributed by atoms with Crippen LogP contribution >= 0.6 is 11.8 Å². The van der Waals surface area contributed by atoms with E-state index in [1.165, 1.54) is 11.8 Å². The molecule has 3 aromatic rings. The molecule has 2 N–H and O–H groups in total. The van der Waals surface area contributed by atoms with Gasteiger partial charge in [0.1, 0.15) is 6.54 Å². The maximum Gasteiger partial charge on any atom is 0.257 e. The van der Waals surface area contributed by atoms with Crippen LogP contribution in [0, 0.1) is 11.3 Å². The van der Waals surface area contributed by atoms with Crippen LogP contribution in [0.1, 0.15) is 10.4 Å². The number of benzene rings is 2. The zero-order valence-corrected chi connectivity index (χ0v) is 14.5. The third kappa shape index (κ3) is 2.91. The molecular formula is C19H14N4O2S. The van der Waals surface area contributed by atoms with Gasteiger partial charge in [-0.05, 0) is 24.3 Å². The second kappa shape index (κ2) is 6.58. The minimum Gasteiger partial charge on any atom is -0.333 e. The fourth-order valence-electron chi connectivity index (χ4n) is 2.99. The number of amides is 2. The monoisotopic (exact) mass is 362 g/mol. The van der Waals surface area contributed by atoms with Crippen LogP contribution in [0.15, 0.2) is 53.6 Å². The van der Waals surface area contributed by atoms with Crippen molar-refractivity contribution in [2.75, 3.05) is 16.4 Å². The topological polar surface area (TPSA) is 86.9 Å². The Morgan fingerprint density at radius 3 is 3.00 bits per heavy atom. The molecule has 2 amide bonds. The molecule has 2 heterocycles. The zero-order valence-electron chi connectivity index (χ0n) is 13.7. The highest BCUT2D eigenvalue weighted by molar-refractivity contribution is 8.00. The molecule has 2 aromatic carbocycles. The van der Waals surface area contributed by atoms with Crippen molar-refractivity contribution in [2.45, 2.75) is 11.4 Å². The molecule has 4 rings (SSSR count). The number of hydrogen-bond acceptors (Lipinski definition) is 4. The Hall–Kier alpha value is -3.24. The number of fused-ring (bicyclic) bond motifs is 2. The Morgan fingerprint density at radius 1 is 1.31 bits per heavy atom. The molecule has 0 aliphatic carbocycles. The Kier molecular flexibility index (Phi) is 4.11. The zero-order chi connectivity index (χ0) is 18.1. The lowest BCUT2D eigenvalue weighted by Crippen LogP contribution is -2.19. The number of rotatable bonds is 3. The fourth-order valence-corrected chi connectivity index (χ4v) is 3.78. The molecule has 6 nitrogen and oxygen atoms in total. The molecule has 0 unspecified atom stereocenters. The molecule has 0 saturated carbocycles. The summed E-state index contributed by atoms with van der Waals surface area (Å²) in [4.78, 5) is 25.3. The third-order valence-corrected chi connectivity index (χ3v) is 5.22. The van der Waals surface area contributed by atoms with Crippen molar-refractivity contribution in [3.8, 4) is 6.07 Å². The average Bonchev–Trinajstić information content (AvgIpc) is 3.01. The highest BCUT2D eigenvalue weighted by atomic mass is 32.2. The van der Waals surface area contributed by atoms with Gasteiger partial charge in [0.05, 0.1) is 23.1 Å². The normalized spacial score (nSPS) is 13.0. The molecule has 26 heavy (non-hydrogen) atoms. The highest BCUT2D eigenvalue weighted by Gasteiger charge is 2.18. The summed E-state index contributed by atoms with van der Waals surface area (Å²) < 4.78 is 1.76. The van der Waals surface area contributed by atoms with Crippen LogP contribution in [0.2, 0.25) is 0 Å². The Bertz CT molecular complexity index is 1080. The van der Waals surface area contributed by atoms with Crippen molar-refractivity contribution in [3.05, 3.63) is 54.2 Å². The summed E-state index contributed by atoms with van der Waals surface area (Å²) in [7, 11) is 0. The van der Waals surface area contributed by atoms with E-state index in [2.05, 4.69) is 16.7 Å². The number of nitriles is 1. The summed E-state index contributed by atoms with van der Waals surface area (Å²) in [6, 6.07) is 15.0. The number of hydrogen-bond donors (Lipinski definition) is 2. The number of anilines is 2. The summed E-state index contributed by atoms with van der Waals surface area (Å²) in [6.07, 6.45) is 1.69. The number of thioether (sulfide) groups is 1. The first-order chi connectivity index (χ1) is 12.7. The van der Waals surface area contributed by atoms with Gasteiger partial charge in [-0.3, -0.25) is 9.59 Å². The summed E-state index contributed by atoms with van der Waals surface area (Å²) in [6.45, 7) is 0.176. The van der Waals surface area contributed by atoms with E-state index in [-0.39, 0.29) is 18.4 Å². The van der Waals surface area contributed by atoms with E-state index >= 15 is 0 Å². The van der Waals surface area contributed by atoms with Gasteiger partial charge in [-0.2, -0.15) is 5.26 Å². The minimum atomic E-state index is -0.257. The maximum atomic E-state index is 12.8. The lowest BCUT2D eigenvalue weighted by molar-refractivity contribution is -0.113. The van der Waals surface area contributed by atoms with Gasteiger partial charge < -0.3 is 15.2 Å². The molecule has 0 radical (unpaired) electrons. The highest BCUT2D eigenvalue weighted by Crippen LogP contribution is 2.33. The van der Waals surface area contributed by atoms with Gasteiger partial charge in [-0.15, -0.1) is 11.8 Å². The molecule has 1 aliphatic rings. The van der Waals surface area contributed by atoms with E-state index in [1.54, 1.807) is 16.8 Å². The van der Waals surface area contributed by atoms with Gasteiger partial charge in [0.2, 0.25) is 5.91 Å². The Morgan fingerprint density at radius 2 is 2.15 bits per heavy atom. The first-order valence-electron chi connectivity index (χ1n) is 7.98. The first kappa shape index (κ1) is 16.2. The average molecular weight is 362 g/mol. The molecule has 128 valence electrons. The molecule has 0 bridgehead atoms. The second-order valence-corrected chi connectivity index (χ2v) is 6.87. The molecule has 0 atom stereocenters. The van der Waals surface area contributed by atoms with Crippen LogP contribution in [0.25, 0.3) is 10.9 Å². The lowest BCUT2D eigenvalue weighted by Gasteiger charge is -2.17. The molecule has 0 fully saturated rings. The first-order valence-corrected chi connectivity index (χ1v) is 8.97. The predicted molar refractivity (Wildman–Crippen MR) is 101 cm³/mol. The molecule has 7 heteroatoms. The Labute approximate surface area is 153 Å². The van der Waals surface area contributed by atoms with Crippen LogP contribution in [-0.4, -0.2) is 22.1 Å². The predicted octanol–water partition coefficient (Wildman–Crippen LogP) is 3.46. The van der Waals surface area contributed by atoms with Gasteiger partial charge in [-0.1, -0.05) is 18.2 Å². The number of nitrogens with zero attached hydrogens (tertiary/aromatic N) is 2. The van der Waals surface area contributed by atoms with Crippen molar-refractivity contribution in [1.82, 2.24) is 4.57 Å². The van der Waals surface area contributed by atoms with Crippen molar-refractivity contribution in [1.29, 1.82) is 5.26 Å². The second-order valence-electron chi connectivity index (χ2n) is 5.85. The van der Waals surface area contributed by atoms with Gasteiger partial charge in [0, 0.05) is 27.7 Å². The van der Waals surface area contributed by atoms with Crippen molar-refractivity contribution in [3.63, 3.8) is 0 Å². The van der Waals surface area contributed by atoms with Gasteiger partial charge in [0.15, 0.2) is 0 Å². The lowest BCUT2D eigenvalue weighted by atomic mass is 10.1. The quantitative estimate of drug-likeness (QED) is 0.747. The number of para-hydroxylation sites is 1. The number of nitrogens with one attached hydrogen (secondary N) is 2. The van der Waals surface area contributed by atoms with Gasteiger partial charge >= 0.3 is 0 Å². The molecule has 1 aromatic heterocycles. The Balaban J connectivity index is 1.65.